The van der Waals surface area contributed by atoms with Gasteiger partial charge in [0.05, 0.1) is 11.3 Å². The molecular weight excluding hydrogens is 281 g/mol. The number of benzene rings is 1. The van der Waals surface area contributed by atoms with E-state index >= 15 is 0 Å². The molecule has 0 aliphatic carbocycles. The maximum atomic E-state index is 13.3. The highest BCUT2D eigenvalue weighted by Crippen LogP contribution is 2.23. The van der Waals surface area contributed by atoms with E-state index in [-0.39, 0.29) is 0 Å². The lowest BCUT2D eigenvalue weighted by Crippen LogP contribution is -2.08. The van der Waals surface area contributed by atoms with Crippen LogP contribution in [0.4, 0.5) is 22.0 Å². The van der Waals surface area contributed by atoms with Gasteiger partial charge in [-0.1, -0.05) is 17.3 Å². The van der Waals surface area contributed by atoms with E-state index in [1.54, 1.807) is 26.0 Å². The molecule has 0 fully saturated rings. The van der Waals surface area contributed by atoms with Gasteiger partial charge in [-0.05, 0) is 13.8 Å². The fourth-order valence-corrected chi connectivity index (χ4v) is 1.31. The predicted octanol–water partition coefficient (Wildman–Crippen LogP) is 4.24. The Hall–Kier alpha value is -1.92. The molecule has 110 valence electrons. The van der Waals surface area contributed by atoms with E-state index in [1.807, 2.05) is 0 Å². The highest BCUT2D eigenvalue weighted by atomic mass is 19.2. The molecule has 0 heterocycles. The SMILES string of the molecule is C/C=C/C/C(C)=N/OCc1c(F)c(F)c(F)c(F)c1F. The van der Waals surface area contributed by atoms with Crippen LogP contribution in [0.1, 0.15) is 25.8 Å². The molecular formula is C13H12F5NO. The first-order chi connectivity index (χ1) is 9.40. The normalized spacial score (nSPS) is 12.2. The van der Waals surface area contributed by atoms with Crippen molar-refractivity contribution in [2.75, 3.05) is 0 Å². The summed E-state index contributed by atoms with van der Waals surface area (Å²) < 4.78 is 65.1. The summed E-state index contributed by atoms with van der Waals surface area (Å²) in [5.41, 5.74) is -0.559. The summed E-state index contributed by atoms with van der Waals surface area (Å²) in [6.07, 6.45) is 3.98. The van der Waals surface area contributed by atoms with E-state index in [0.717, 1.165) is 0 Å². The van der Waals surface area contributed by atoms with Gasteiger partial charge < -0.3 is 4.84 Å². The lowest BCUT2D eigenvalue weighted by molar-refractivity contribution is 0.122. The fourth-order valence-electron chi connectivity index (χ4n) is 1.31. The van der Waals surface area contributed by atoms with Crippen LogP contribution in [0, 0.1) is 29.1 Å². The molecule has 0 aliphatic rings. The minimum Gasteiger partial charge on any atom is -0.391 e. The lowest BCUT2D eigenvalue weighted by Gasteiger charge is -2.07. The van der Waals surface area contributed by atoms with Gasteiger partial charge in [0.15, 0.2) is 23.3 Å². The molecule has 0 N–H and O–H groups in total. The monoisotopic (exact) mass is 293 g/mol. The summed E-state index contributed by atoms with van der Waals surface area (Å²) in [5, 5.41) is 3.51. The number of allylic oxidation sites excluding steroid dienone is 2. The Balaban J connectivity index is 2.89. The minimum absolute atomic E-state index is 0.452. The maximum Gasteiger partial charge on any atom is 0.200 e. The molecule has 0 aliphatic heterocycles. The molecule has 0 bridgehead atoms. The van der Waals surface area contributed by atoms with Crippen molar-refractivity contribution in [3.05, 3.63) is 46.8 Å². The van der Waals surface area contributed by atoms with E-state index in [0.29, 0.717) is 12.1 Å². The topological polar surface area (TPSA) is 21.6 Å². The third kappa shape index (κ3) is 3.55. The van der Waals surface area contributed by atoms with Gasteiger partial charge in [-0.15, -0.1) is 0 Å². The molecule has 1 aromatic rings. The second-order valence-corrected chi connectivity index (χ2v) is 3.92. The van der Waals surface area contributed by atoms with Gasteiger partial charge >= 0.3 is 0 Å². The zero-order valence-electron chi connectivity index (χ0n) is 10.8. The van der Waals surface area contributed by atoms with Crippen molar-refractivity contribution in [1.29, 1.82) is 0 Å². The van der Waals surface area contributed by atoms with Gasteiger partial charge in [0, 0.05) is 6.42 Å². The predicted molar refractivity (Wildman–Crippen MR) is 63.6 cm³/mol. The van der Waals surface area contributed by atoms with Gasteiger partial charge in [0.25, 0.3) is 0 Å². The average molecular weight is 293 g/mol. The van der Waals surface area contributed by atoms with Gasteiger partial charge in [-0.3, -0.25) is 0 Å². The van der Waals surface area contributed by atoms with Gasteiger partial charge in [0.1, 0.15) is 6.61 Å². The van der Waals surface area contributed by atoms with E-state index < -0.39 is 41.3 Å². The van der Waals surface area contributed by atoms with Crippen LogP contribution in [0.15, 0.2) is 17.3 Å². The second kappa shape index (κ2) is 7.02. The highest BCUT2D eigenvalue weighted by molar-refractivity contribution is 5.82. The number of oxime groups is 1. The molecule has 0 spiro atoms. The summed E-state index contributed by atoms with van der Waals surface area (Å²) in [7, 11) is 0. The Morgan fingerprint density at radius 2 is 1.50 bits per heavy atom. The number of nitrogens with zero attached hydrogens (tertiary/aromatic N) is 1. The molecule has 20 heavy (non-hydrogen) atoms. The first-order valence-electron chi connectivity index (χ1n) is 5.67. The smallest absolute Gasteiger partial charge is 0.200 e. The number of hydrogen-bond donors (Lipinski definition) is 0. The molecule has 1 rings (SSSR count). The number of hydrogen-bond acceptors (Lipinski definition) is 2. The van der Waals surface area contributed by atoms with Gasteiger partial charge in [0.2, 0.25) is 5.82 Å². The Kier molecular flexibility index (Phi) is 5.66. The first-order valence-corrected chi connectivity index (χ1v) is 5.67. The van der Waals surface area contributed by atoms with Crippen molar-refractivity contribution in [2.45, 2.75) is 26.9 Å². The number of rotatable bonds is 5. The largest absolute Gasteiger partial charge is 0.391 e. The Morgan fingerprint density at radius 3 is 2.00 bits per heavy atom. The van der Waals surface area contributed by atoms with E-state index in [9.17, 15) is 22.0 Å². The van der Waals surface area contributed by atoms with Crippen LogP contribution in [-0.4, -0.2) is 5.71 Å². The molecule has 0 amide bonds. The van der Waals surface area contributed by atoms with Crippen LogP contribution in [0.3, 0.4) is 0 Å². The van der Waals surface area contributed by atoms with Crippen LogP contribution >= 0.6 is 0 Å². The molecule has 7 heteroatoms. The summed E-state index contributed by atoms with van der Waals surface area (Å²) in [6.45, 7) is 2.54. The summed E-state index contributed by atoms with van der Waals surface area (Å²) >= 11 is 0. The minimum atomic E-state index is -2.20. The Labute approximate surface area is 112 Å². The van der Waals surface area contributed by atoms with Crippen LogP contribution in [0.2, 0.25) is 0 Å². The van der Waals surface area contributed by atoms with Crippen molar-refractivity contribution in [1.82, 2.24) is 0 Å². The van der Waals surface area contributed by atoms with Gasteiger partial charge in [-0.25, -0.2) is 22.0 Å². The average Bonchev–Trinajstić information content (AvgIpc) is 2.44. The van der Waals surface area contributed by atoms with Crippen LogP contribution in [0.25, 0.3) is 0 Å². The second-order valence-electron chi connectivity index (χ2n) is 3.92. The number of halogens is 5. The molecule has 0 saturated carbocycles. The molecule has 0 saturated heterocycles. The van der Waals surface area contributed by atoms with E-state index in [1.165, 1.54) is 0 Å². The van der Waals surface area contributed by atoms with Crippen molar-refractivity contribution in [3.8, 4) is 0 Å². The molecule has 1 aromatic carbocycles. The summed E-state index contributed by atoms with van der Waals surface area (Å²) in [6, 6.07) is 0. The van der Waals surface area contributed by atoms with Crippen LogP contribution < -0.4 is 0 Å². The van der Waals surface area contributed by atoms with Crippen molar-refractivity contribution >= 4 is 5.71 Å². The van der Waals surface area contributed by atoms with E-state index in [4.69, 9.17) is 0 Å². The van der Waals surface area contributed by atoms with Gasteiger partial charge in [-0.2, -0.15) is 0 Å². The third-order valence-corrected chi connectivity index (χ3v) is 2.38. The molecule has 0 aromatic heterocycles. The Bertz CT molecular complexity index is 525. The van der Waals surface area contributed by atoms with Crippen LogP contribution in [0.5, 0.6) is 0 Å². The highest BCUT2D eigenvalue weighted by Gasteiger charge is 2.25. The molecule has 0 radical (unpaired) electrons. The zero-order valence-corrected chi connectivity index (χ0v) is 10.8. The first kappa shape index (κ1) is 16.1. The summed E-state index contributed by atoms with van der Waals surface area (Å²) in [4.78, 5) is 4.61. The van der Waals surface area contributed by atoms with Crippen molar-refractivity contribution in [2.24, 2.45) is 5.16 Å². The third-order valence-electron chi connectivity index (χ3n) is 2.38. The summed E-state index contributed by atoms with van der Waals surface area (Å²) in [5.74, 6) is -10.0. The molecule has 0 unspecified atom stereocenters. The standard InChI is InChI=1S/C13H12F5NO/c1-3-4-5-7(2)19-20-6-8-9(14)11(16)13(18)12(17)10(8)15/h3-4H,5-6H2,1-2H3/b4-3+,19-7+. The van der Waals surface area contributed by atoms with Crippen molar-refractivity contribution in [3.63, 3.8) is 0 Å². The van der Waals surface area contributed by atoms with E-state index in [2.05, 4.69) is 9.99 Å². The Morgan fingerprint density at radius 1 is 1.00 bits per heavy atom. The lowest BCUT2D eigenvalue weighted by atomic mass is 10.2. The molecule has 2 nitrogen and oxygen atoms in total. The maximum absolute atomic E-state index is 13.3. The quantitative estimate of drug-likeness (QED) is 0.199. The van der Waals surface area contributed by atoms with Crippen LogP contribution in [-0.2, 0) is 11.4 Å². The zero-order chi connectivity index (χ0) is 15.3. The molecule has 0 atom stereocenters. The van der Waals surface area contributed by atoms with Crippen molar-refractivity contribution < 1.29 is 26.8 Å². The fraction of sp³-hybridized carbons (Fsp3) is 0.308.